The Morgan fingerprint density at radius 1 is 1.48 bits per heavy atom. The van der Waals surface area contributed by atoms with E-state index in [0.717, 1.165) is 29.9 Å². The van der Waals surface area contributed by atoms with Gasteiger partial charge in [-0.2, -0.15) is 0 Å². The molecule has 1 fully saturated rings. The molecule has 1 aliphatic heterocycles. The van der Waals surface area contributed by atoms with Gasteiger partial charge >= 0.3 is 6.03 Å². The van der Waals surface area contributed by atoms with Crippen molar-refractivity contribution >= 4 is 6.03 Å². The van der Waals surface area contributed by atoms with Crippen LogP contribution in [0.15, 0.2) is 18.2 Å². The monoisotopic (exact) mass is 354 g/mol. The van der Waals surface area contributed by atoms with Crippen molar-refractivity contribution in [3.05, 3.63) is 29.3 Å². The maximum atomic E-state index is 13.6. The second-order valence-electron chi connectivity index (χ2n) is 6.67. The van der Waals surface area contributed by atoms with Crippen molar-refractivity contribution < 1.29 is 23.0 Å². The Morgan fingerprint density at radius 2 is 2.32 bits per heavy atom. The Hall–Kier alpha value is -1.89. The number of alkyl halides is 2. The van der Waals surface area contributed by atoms with E-state index in [9.17, 15) is 13.6 Å². The summed E-state index contributed by atoms with van der Waals surface area (Å²) >= 11 is 0. The lowest BCUT2D eigenvalue weighted by Crippen LogP contribution is -2.47. The number of carbonyl (C=O) groups excluding carboxylic acids is 1. The minimum atomic E-state index is -3.00. The van der Waals surface area contributed by atoms with Crippen molar-refractivity contribution in [2.45, 2.75) is 31.1 Å². The molecule has 1 unspecified atom stereocenters. The number of benzene rings is 1. The number of hydrogen-bond acceptors (Lipinski definition) is 3. The number of ether oxygens (including phenoxy) is 2. The van der Waals surface area contributed by atoms with Crippen LogP contribution in [0.3, 0.4) is 0 Å². The molecule has 0 spiro atoms. The molecular weight excluding hydrogens is 330 g/mol. The number of nitrogens with zero attached hydrogens (tertiary/aromatic N) is 1. The molecule has 1 saturated heterocycles. The van der Waals surface area contributed by atoms with Gasteiger partial charge in [0.1, 0.15) is 12.4 Å². The van der Waals surface area contributed by atoms with Gasteiger partial charge < -0.3 is 19.7 Å². The molecule has 1 aromatic rings. The average molecular weight is 354 g/mol. The van der Waals surface area contributed by atoms with E-state index < -0.39 is 25.1 Å². The van der Waals surface area contributed by atoms with Crippen LogP contribution in [0.2, 0.25) is 0 Å². The zero-order valence-corrected chi connectivity index (χ0v) is 14.4. The number of rotatable bonds is 3. The Bertz CT molecular complexity index is 624. The van der Waals surface area contributed by atoms with Crippen LogP contribution in [0, 0.1) is 0 Å². The first kappa shape index (κ1) is 17.9. The standard InChI is InChI=1S/C18H24F2N2O3/c1-24-15-5-6-16-13(9-15)3-2-4-14(16)10-21-17(23)22-7-8-25-12-18(19,20)11-22/h5-6,9,14H,2-4,7-8,10-12H2,1H3,(H,21,23). The molecule has 1 aromatic carbocycles. The molecule has 0 radical (unpaired) electrons. The number of urea groups is 1. The summed E-state index contributed by atoms with van der Waals surface area (Å²) in [6.45, 7) is -0.470. The number of carbonyl (C=O) groups is 1. The van der Waals surface area contributed by atoms with Crippen LogP contribution in [0.5, 0.6) is 5.75 Å². The van der Waals surface area contributed by atoms with Gasteiger partial charge in [0.05, 0.1) is 20.3 Å². The lowest BCUT2D eigenvalue weighted by Gasteiger charge is -2.28. The van der Waals surface area contributed by atoms with Gasteiger partial charge in [0.25, 0.3) is 5.92 Å². The zero-order valence-electron chi connectivity index (χ0n) is 14.4. The third-order valence-corrected chi connectivity index (χ3v) is 4.82. The van der Waals surface area contributed by atoms with E-state index in [1.54, 1.807) is 7.11 Å². The van der Waals surface area contributed by atoms with Crippen molar-refractivity contribution in [1.82, 2.24) is 10.2 Å². The van der Waals surface area contributed by atoms with E-state index in [4.69, 9.17) is 9.47 Å². The van der Waals surface area contributed by atoms with Crippen LogP contribution in [0.1, 0.15) is 29.9 Å². The molecule has 5 nitrogen and oxygen atoms in total. The number of methoxy groups -OCH3 is 1. The number of amides is 2. The second-order valence-corrected chi connectivity index (χ2v) is 6.67. The summed E-state index contributed by atoms with van der Waals surface area (Å²) in [5.41, 5.74) is 2.44. The quantitative estimate of drug-likeness (QED) is 0.908. The number of nitrogens with one attached hydrogen (secondary N) is 1. The van der Waals surface area contributed by atoms with Crippen molar-refractivity contribution in [3.63, 3.8) is 0 Å². The van der Waals surface area contributed by atoms with Gasteiger partial charge in [-0.15, -0.1) is 0 Å². The summed E-state index contributed by atoms with van der Waals surface area (Å²) in [7, 11) is 1.64. The maximum absolute atomic E-state index is 13.6. The molecule has 0 bridgehead atoms. The molecule has 2 amide bonds. The van der Waals surface area contributed by atoms with Gasteiger partial charge in [0, 0.05) is 19.0 Å². The Morgan fingerprint density at radius 3 is 3.12 bits per heavy atom. The number of hydrogen-bond donors (Lipinski definition) is 1. The van der Waals surface area contributed by atoms with Crippen LogP contribution < -0.4 is 10.1 Å². The topological polar surface area (TPSA) is 50.8 Å². The highest BCUT2D eigenvalue weighted by molar-refractivity contribution is 5.74. The van der Waals surface area contributed by atoms with Crippen LogP contribution in [0.4, 0.5) is 13.6 Å². The van der Waals surface area contributed by atoms with Crippen molar-refractivity contribution in [3.8, 4) is 5.75 Å². The molecule has 3 rings (SSSR count). The first-order valence-electron chi connectivity index (χ1n) is 8.64. The largest absolute Gasteiger partial charge is 0.497 e. The highest BCUT2D eigenvalue weighted by atomic mass is 19.3. The number of halogens is 2. The van der Waals surface area contributed by atoms with Crippen LogP contribution in [0.25, 0.3) is 0 Å². The van der Waals surface area contributed by atoms with Crippen molar-refractivity contribution in [2.24, 2.45) is 0 Å². The van der Waals surface area contributed by atoms with Gasteiger partial charge in [0.15, 0.2) is 0 Å². The van der Waals surface area contributed by atoms with Gasteiger partial charge in [0.2, 0.25) is 0 Å². The fourth-order valence-electron chi connectivity index (χ4n) is 3.53. The summed E-state index contributed by atoms with van der Waals surface area (Å²) in [5, 5.41) is 2.82. The first-order valence-corrected chi connectivity index (χ1v) is 8.64. The summed E-state index contributed by atoms with van der Waals surface area (Å²) in [6, 6.07) is 5.55. The first-order chi connectivity index (χ1) is 12.0. The minimum Gasteiger partial charge on any atom is -0.497 e. The molecule has 1 heterocycles. The maximum Gasteiger partial charge on any atom is 0.317 e. The molecule has 1 aliphatic carbocycles. The van der Waals surface area contributed by atoms with E-state index in [2.05, 4.69) is 5.32 Å². The van der Waals surface area contributed by atoms with E-state index in [-0.39, 0.29) is 19.1 Å². The highest BCUT2D eigenvalue weighted by Gasteiger charge is 2.36. The molecule has 2 aliphatic rings. The molecule has 7 heteroatoms. The van der Waals surface area contributed by atoms with E-state index in [1.165, 1.54) is 11.1 Å². The fourth-order valence-corrected chi connectivity index (χ4v) is 3.53. The van der Waals surface area contributed by atoms with Crippen LogP contribution in [-0.4, -0.2) is 56.8 Å². The van der Waals surface area contributed by atoms with Crippen molar-refractivity contribution in [2.75, 3.05) is 40.0 Å². The lowest BCUT2D eigenvalue weighted by molar-refractivity contribution is -0.0652. The van der Waals surface area contributed by atoms with Crippen LogP contribution in [-0.2, 0) is 11.2 Å². The Kier molecular flexibility index (Phi) is 5.42. The molecule has 25 heavy (non-hydrogen) atoms. The number of aryl methyl sites for hydroxylation is 1. The average Bonchev–Trinajstić information content (AvgIpc) is 2.79. The third-order valence-electron chi connectivity index (χ3n) is 4.82. The third kappa shape index (κ3) is 4.39. The predicted octanol–water partition coefficient (Wildman–Crippen LogP) is 2.79. The van der Waals surface area contributed by atoms with Gasteiger partial charge in [-0.25, -0.2) is 13.6 Å². The molecule has 0 aromatic heterocycles. The molecule has 1 N–H and O–H groups in total. The molecule has 1 atom stereocenters. The summed E-state index contributed by atoms with van der Waals surface area (Å²) < 4.78 is 37.3. The van der Waals surface area contributed by atoms with Gasteiger partial charge in [-0.1, -0.05) is 6.07 Å². The summed E-state index contributed by atoms with van der Waals surface area (Å²) in [4.78, 5) is 13.4. The fraction of sp³-hybridized carbons (Fsp3) is 0.611. The second kappa shape index (κ2) is 7.56. The summed E-state index contributed by atoms with van der Waals surface area (Å²) in [6.07, 6.45) is 3.00. The molecular formula is C18H24F2N2O3. The zero-order chi connectivity index (χ0) is 17.9. The normalized spacial score (nSPS) is 22.7. The molecule has 0 saturated carbocycles. The number of fused-ring (bicyclic) bond motifs is 1. The summed E-state index contributed by atoms with van der Waals surface area (Å²) in [5.74, 6) is -1.97. The molecule has 138 valence electrons. The van der Waals surface area contributed by atoms with Crippen molar-refractivity contribution in [1.29, 1.82) is 0 Å². The van der Waals surface area contributed by atoms with E-state index in [0.29, 0.717) is 6.54 Å². The minimum absolute atomic E-state index is 0.134. The smallest absolute Gasteiger partial charge is 0.317 e. The van der Waals surface area contributed by atoms with Gasteiger partial charge in [-0.05, 0) is 42.5 Å². The van der Waals surface area contributed by atoms with E-state index in [1.807, 2.05) is 18.2 Å². The van der Waals surface area contributed by atoms with Crippen LogP contribution >= 0.6 is 0 Å². The SMILES string of the molecule is COc1ccc2c(c1)CCCC2CNC(=O)N1CCOCC(F)(F)C1. The Balaban J connectivity index is 1.61. The Labute approximate surface area is 146 Å². The lowest BCUT2D eigenvalue weighted by atomic mass is 9.82. The predicted molar refractivity (Wildman–Crippen MR) is 89.4 cm³/mol. The van der Waals surface area contributed by atoms with E-state index >= 15 is 0 Å². The van der Waals surface area contributed by atoms with Gasteiger partial charge in [-0.3, -0.25) is 0 Å². The highest BCUT2D eigenvalue weighted by Crippen LogP contribution is 2.33.